The molecule has 2 aromatic heterocycles. The van der Waals surface area contributed by atoms with E-state index in [9.17, 15) is 4.79 Å². The van der Waals surface area contributed by atoms with E-state index in [2.05, 4.69) is 10.1 Å². The Balaban J connectivity index is 2.58. The van der Waals surface area contributed by atoms with Gasteiger partial charge in [0.1, 0.15) is 11.3 Å². The van der Waals surface area contributed by atoms with Crippen LogP contribution in [-0.4, -0.2) is 21.2 Å². The summed E-state index contributed by atoms with van der Waals surface area (Å²) in [6, 6.07) is 3.47. The lowest BCUT2D eigenvalue weighted by Gasteiger charge is -1.97. The first-order valence-electron chi connectivity index (χ1n) is 4.86. The van der Waals surface area contributed by atoms with Crippen LogP contribution in [0.3, 0.4) is 0 Å². The predicted octanol–water partition coefficient (Wildman–Crippen LogP) is 2.00. The van der Waals surface area contributed by atoms with Crippen molar-refractivity contribution in [1.82, 2.24) is 10.1 Å². The van der Waals surface area contributed by atoms with Gasteiger partial charge in [-0.1, -0.05) is 12.1 Å². The molecule has 0 amide bonds. The molecule has 2 aromatic rings. The average Bonchev–Trinajstić information content (AvgIpc) is 2.73. The number of carboxylic acids is 1. The van der Waals surface area contributed by atoms with Crippen molar-refractivity contribution in [3.63, 3.8) is 0 Å². The summed E-state index contributed by atoms with van der Waals surface area (Å²) in [5.41, 5.74) is 1.09. The lowest BCUT2D eigenvalue weighted by atomic mass is 10.1. The molecule has 0 aliphatic rings. The lowest BCUT2D eigenvalue weighted by molar-refractivity contribution is 0.0695. The largest absolute Gasteiger partial charge is 0.477 e. The summed E-state index contributed by atoms with van der Waals surface area (Å²) in [6.07, 6.45) is 3.67. The molecule has 16 heavy (non-hydrogen) atoms. The minimum atomic E-state index is -1.03. The van der Waals surface area contributed by atoms with Gasteiger partial charge in [0, 0.05) is 24.4 Å². The Morgan fingerprint density at radius 2 is 2.38 bits per heavy atom. The summed E-state index contributed by atoms with van der Waals surface area (Å²) in [5, 5.41) is 12.9. The summed E-state index contributed by atoms with van der Waals surface area (Å²) in [5.74, 6) is -0.650. The molecule has 1 N–H and O–H groups in total. The maximum atomic E-state index is 11.1. The number of hydrogen-bond donors (Lipinski definition) is 1. The van der Waals surface area contributed by atoms with Crippen LogP contribution >= 0.6 is 0 Å². The third-order valence-corrected chi connectivity index (χ3v) is 2.23. The van der Waals surface area contributed by atoms with Crippen LogP contribution in [0.2, 0.25) is 0 Å². The maximum absolute atomic E-state index is 11.1. The van der Waals surface area contributed by atoms with Gasteiger partial charge >= 0.3 is 5.97 Å². The number of rotatable bonds is 3. The summed E-state index contributed by atoms with van der Waals surface area (Å²) in [7, 11) is 0. The van der Waals surface area contributed by atoms with Crippen LogP contribution in [0.5, 0.6) is 0 Å². The zero-order valence-corrected chi connectivity index (χ0v) is 8.67. The van der Waals surface area contributed by atoms with Gasteiger partial charge in [-0.15, -0.1) is 0 Å². The van der Waals surface area contributed by atoms with E-state index in [4.69, 9.17) is 9.63 Å². The highest BCUT2D eigenvalue weighted by molar-refractivity contribution is 5.95. The molecule has 0 bridgehead atoms. The SMILES string of the molecule is CCc1onc(-c2cccnc2)c1C(=O)O. The number of aryl methyl sites for hydroxylation is 1. The van der Waals surface area contributed by atoms with Crippen LogP contribution in [0.4, 0.5) is 0 Å². The van der Waals surface area contributed by atoms with Gasteiger partial charge in [0.15, 0.2) is 5.76 Å². The molecule has 0 saturated heterocycles. The van der Waals surface area contributed by atoms with Crippen molar-refractivity contribution < 1.29 is 14.4 Å². The van der Waals surface area contributed by atoms with Gasteiger partial charge in [-0.2, -0.15) is 0 Å². The van der Waals surface area contributed by atoms with E-state index in [0.29, 0.717) is 23.4 Å². The fourth-order valence-electron chi connectivity index (χ4n) is 1.49. The van der Waals surface area contributed by atoms with Gasteiger partial charge in [0.05, 0.1) is 0 Å². The second kappa shape index (κ2) is 4.14. The van der Waals surface area contributed by atoms with Gasteiger partial charge in [0.2, 0.25) is 0 Å². The third kappa shape index (κ3) is 1.67. The van der Waals surface area contributed by atoms with Crippen molar-refractivity contribution in [1.29, 1.82) is 0 Å². The Kier molecular flexibility index (Phi) is 2.68. The quantitative estimate of drug-likeness (QED) is 0.852. The third-order valence-electron chi connectivity index (χ3n) is 2.23. The molecule has 2 heterocycles. The molecule has 0 saturated carbocycles. The van der Waals surface area contributed by atoms with E-state index in [1.54, 1.807) is 24.5 Å². The van der Waals surface area contributed by atoms with Gasteiger partial charge in [-0.25, -0.2) is 4.79 Å². The fraction of sp³-hybridized carbons (Fsp3) is 0.182. The molecular weight excluding hydrogens is 208 g/mol. The molecule has 2 rings (SSSR count). The van der Waals surface area contributed by atoms with Crippen molar-refractivity contribution in [3.05, 3.63) is 35.9 Å². The first kappa shape index (κ1) is 10.4. The average molecular weight is 218 g/mol. The van der Waals surface area contributed by atoms with E-state index in [1.807, 2.05) is 6.92 Å². The number of aromatic carboxylic acids is 1. The molecule has 0 fully saturated rings. The highest BCUT2D eigenvalue weighted by Gasteiger charge is 2.22. The Labute approximate surface area is 91.7 Å². The van der Waals surface area contributed by atoms with Crippen LogP contribution in [0.15, 0.2) is 29.0 Å². The molecule has 0 aliphatic carbocycles. The highest BCUT2D eigenvalue weighted by atomic mass is 16.5. The molecule has 0 aliphatic heterocycles. The molecule has 0 spiro atoms. The Hall–Kier alpha value is -2.17. The standard InChI is InChI=1S/C11H10N2O3/c1-2-8-9(11(14)15)10(13-16-8)7-4-3-5-12-6-7/h3-6H,2H2,1H3,(H,14,15). The van der Waals surface area contributed by atoms with E-state index in [0.717, 1.165) is 0 Å². The maximum Gasteiger partial charge on any atom is 0.341 e. The normalized spacial score (nSPS) is 10.3. The zero-order chi connectivity index (χ0) is 11.5. The van der Waals surface area contributed by atoms with E-state index in [1.165, 1.54) is 0 Å². The smallest absolute Gasteiger partial charge is 0.341 e. The summed E-state index contributed by atoms with van der Waals surface area (Å²) >= 11 is 0. The summed E-state index contributed by atoms with van der Waals surface area (Å²) in [4.78, 5) is 15.0. The van der Waals surface area contributed by atoms with E-state index >= 15 is 0 Å². The number of carboxylic acid groups (broad SMARTS) is 1. The topological polar surface area (TPSA) is 76.2 Å². The molecule has 0 radical (unpaired) electrons. The number of aromatic nitrogens is 2. The highest BCUT2D eigenvalue weighted by Crippen LogP contribution is 2.24. The van der Waals surface area contributed by atoms with Gasteiger partial charge in [-0.3, -0.25) is 4.98 Å². The molecule has 0 unspecified atom stereocenters. The first-order valence-corrected chi connectivity index (χ1v) is 4.86. The molecule has 0 atom stereocenters. The van der Waals surface area contributed by atoms with Gasteiger partial charge < -0.3 is 9.63 Å². The summed E-state index contributed by atoms with van der Waals surface area (Å²) < 4.78 is 5.00. The lowest BCUT2D eigenvalue weighted by Crippen LogP contribution is -2.00. The predicted molar refractivity (Wildman–Crippen MR) is 56.1 cm³/mol. The van der Waals surface area contributed by atoms with E-state index in [-0.39, 0.29) is 5.56 Å². The minimum absolute atomic E-state index is 0.121. The minimum Gasteiger partial charge on any atom is -0.477 e. The number of pyridine rings is 1. The molecule has 0 aromatic carbocycles. The Bertz CT molecular complexity index is 505. The number of carbonyl (C=O) groups is 1. The van der Waals surface area contributed by atoms with Gasteiger partial charge in [-0.05, 0) is 12.1 Å². The zero-order valence-electron chi connectivity index (χ0n) is 8.67. The van der Waals surface area contributed by atoms with Crippen LogP contribution in [0.25, 0.3) is 11.3 Å². The Morgan fingerprint density at radius 1 is 1.56 bits per heavy atom. The second-order valence-electron chi connectivity index (χ2n) is 3.23. The number of hydrogen-bond acceptors (Lipinski definition) is 4. The van der Waals surface area contributed by atoms with E-state index < -0.39 is 5.97 Å². The van der Waals surface area contributed by atoms with Crippen molar-refractivity contribution >= 4 is 5.97 Å². The molecule has 5 heteroatoms. The van der Waals surface area contributed by atoms with Crippen molar-refractivity contribution in [3.8, 4) is 11.3 Å². The Morgan fingerprint density at radius 3 is 2.94 bits per heavy atom. The first-order chi connectivity index (χ1) is 7.74. The molecule has 82 valence electrons. The molecular formula is C11H10N2O3. The van der Waals surface area contributed by atoms with Crippen molar-refractivity contribution in [2.45, 2.75) is 13.3 Å². The second-order valence-corrected chi connectivity index (χ2v) is 3.23. The van der Waals surface area contributed by atoms with Crippen LogP contribution in [0.1, 0.15) is 23.0 Å². The van der Waals surface area contributed by atoms with Crippen molar-refractivity contribution in [2.24, 2.45) is 0 Å². The fourth-order valence-corrected chi connectivity index (χ4v) is 1.49. The van der Waals surface area contributed by atoms with Gasteiger partial charge in [0.25, 0.3) is 0 Å². The molecule has 5 nitrogen and oxygen atoms in total. The van der Waals surface area contributed by atoms with Crippen LogP contribution in [0, 0.1) is 0 Å². The van der Waals surface area contributed by atoms with Crippen LogP contribution in [-0.2, 0) is 6.42 Å². The van der Waals surface area contributed by atoms with Crippen LogP contribution < -0.4 is 0 Å². The number of nitrogens with zero attached hydrogens (tertiary/aromatic N) is 2. The monoisotopic (exact) mass is 218 g/mol. The summed E-state index contributed by atoms with van der Waals surface area (Å²) in [6.45, 7) is 1.82. The van der Waals surface area contributed by atoms with Crippen molar-refractivity contribution in [2.75, 3.05) is 0 Å².